The fourth-order valence-corrected chi connectivity index (χ4v) is 3.91. The molecule has 0 N–H and O–H groups in total. The molecule has 0 atom stereocenters. The van der Waals surface area contributed by atoms with Gasteiger partial charge >= 0.3 is 0 Å². The van der Waals surface area contributed by atoms with E-state index in [2.05, 4.69) is 6.07 Å². The molecule has 150 valence electrons. The average Bonchev–Trinajstić information content (AvgIpc) is 3.38. The van der Waals surface area contributed by atoms with Gasteiger partial charge in [-0.1, -0.05) is 23.7 Å². The molecule has 4 nitrogen and oxygen atoms in total. The van der Waals surface area contributed by atoms with Crippen LogP contribution in [0.2, 0.25) is 5.02 Å². The van der Waals surface area contributed by atoms with Crippen molar-refractivity contribution in [2.75, 3.05) is 19.7 Å². The Morgan fingerprint density at radius 1 is 1.21 bits per heavy atom. The minimum atomic E-state index is 0.0627. The van der Waals surface area contributed by atoms with Gasteiger partial charge in [-0.15, -0.1) is 0 Å². The van der Waals surface area contributed by atoms with Crippen molar-refractivity contribution >= 4 is 34.1 Å². The zero-order valence-corrected chi connectivity index (χ0v) is 17.5. The molecule has 2 heterocycles. The topological polar surface area (TPSA) is 42.7 Å². The number of nitrogens with zero attached hydrogens (tertiary/aromatic N) is 1. The van der Waals surface area contributed by atoms with E-state index in [9.17, 15) is 4.79 Å². The monoisotopic (exact) mass is 409 g/mol. The summed E-state index contributed by atoms with van der Waals surface area (Å²) < 4.78 is 11.7. The number of halogens is 1. The first-order valence-corrected chi connectivity index (χ1v) is 10.4. The molecule has 4 rings (SSSR count). The van der Waals surface area contributed by atoms with E-state index < -0.39 is 0 Å². The van der Waals surface area contributed by atoms with Crippen molar-refractivity contribution in [3.05, 3.63) is 59.3 Å². The van der Waals surface area contributed by atoms with E-state index in [0.717, 1.165) is 64.9 Å². The Bertz CT molecular complexity index is 1060. The summed E-state index contributed by atoms with van der Waals surface area (Å²) in [6.45, 7) is 6.12. The van der Waals surface area contributed by atoms with Crippen LogP contribution in [0.1, 0.15) is 32.3 Å². The van der Waals surface area contributed by atoms with Crippen LogP contribution < -0.4 is 4.74 Å². The predicted octanol–water partition coefficient (Wildman–Crippen LogP) is 6.18. The standard InChI is InChI=1S/C24H24ClNO3/c1-3-28-22-14-23-20(21(15-29-23)17-6-8-18(25)9-7-17)13-19(22)16(2)12-24(27)26-10-4-5-11-26/h6-9,12-15H,3-5,10-11H2,1-2H3/b16-12+. The normalized spacial score (nSPS) is 14.6. The van der Waals surface area contributed by atoms with Gasteiger partial charge in [0.1, 0.15) is 11.3 Å². The lowest BCUT2D eigenvalue weighted by Gasteiger charge is -2.15. The van der Waals surface area contributed by atoms with E-state index in [0.29, 0.717) is 11.6 Å². The Morgan fingerprint density at radius 3 is 2.62 bits per heavy atom. The number of carbonyl (C=O) groups is 1. The third-order valence-electron chi connectivity index (χ3n) is 5.31. The molecule has 1 aliphatic rings. The van der Waals surface area contributed by atoms with E-state index in [1.54, 1.807) is 12.3 Å². The van der Waals surface area contributed by atoms with Gasteiger partial charge in [-0.3, -0.25) is 4.79 Å². The van der Waals surface area contributed by atoms with Gasteiger partial charge in [0.05, 0.1) is 12.9 Å². The van der Waals surface area contributed by atoms with Crippen LogP contribution in [0.3, 0.4) is 0 Å². The van der Waals surface area contributed by atoms with E-state index in [4.69, 9.17) is 20.8 Å². The number of ether oxygens (including phenoxy) is 1. The second kappa shape index (κ2) is 8.34. The number of amides is 1. The first kappa shape index (κ1) is 19.6. The van der Waals surface area contributed by atoms with Crippen LogP contribution in [0, 0.1) is 0 Å². The van der Waals surface area contributed by atoms with Crippen LogP contribution in [0.4, 0.5) is 0 Å². The summed E-state index contributed by atoms with van der Waals surface area (Å²) in [5, 5.41) is 1.67. The Kier molecular flexibility index (Phi) is 5.63. The van der Waals surface area contributed by atoms with E-state index in [1.165, 1.54) is 0 Å². The molecule has 5 heteroatoms. The SMILES string of the molecule is CCOc1cc2occ(-c3ccc(Cl)cc3)c2cc1/C(C)=C/C(=O)N1CCCC1. The minimum Gasteiger partial charge on any atom is -0.493 e. The van der Waals surface area contributed by atoms with Crippen LogP contribution in [-0.4, -0.2) is 30.5 Å². The number of rotatable bonds is 5. The smallest absolute Gasteiger partial charge is 0.246 e. The number of hydrogen-bond acceptors (Lipinski definition) is 3. The molecule has 29 heavy (non-hydrogen) atoms. The molecule has 1 amide bonds. The number of furan rings is 1. The van der Waals surface area contributed by atoms with Gasteiger partial charge in [0.25, 0.3) is 0 Å². The van der Waals surface area contributed by atoms with Crippen LogP contribution in [0.25, 0.3) is 27.7 Å². The largest absolute Gasteiger partial charge is 0.493 e. The Morgan fingerprint density at radius 2 is 1.93 bits per heavy atom. The third-order valence-corrected chi connectivity index (χ3v) is 5.57. The maximum Gasteiger partial charge on any atom is 0.246 e. The molecule has 0 saturated carbocycles. The maximum atomic E-state index is 12.6. The molecule has 0 unspecified atom stereocenters. The summed E-state index contributed by atoms with van der Waals surface area (Å²) in [6.07, 6.45) is 5.63. The van der Waals surface area contributed by atoms with Gasteiger partial charge in [0.2, 0.25) is 5.91 Å². The van der Waals surface area contributed by atoms with Gasteiger partial charge < -0.3 is 14.1 Å². The molecule has 0 spiro atoms. The Balaban J connectivity index is 1.78. The van der Waals surface area contributed by atoms with Gasteiger partial charge in [0, 0.05) is 46.8 Å². The summed E-state index contributed by atoms with van der Waals surface area (Å²) >= 11 is 6.03. The molecule has 1 aromatic heterocycles. The van der Waals surface area contributed by atoms with E-state index in [1.807, 2.05) is 49.1 Å². The summed E-state index contributed by atoms with van der Waals surface area (Å²) in [6, 6.07) is 11.6. The van der Waals surface area contributed by atoms with Crippen molar-refractivity contribution in [1.82, 2.24) is 4.90 Å². The highest BCUT2D eigenvalue weighted by atomic mass is 35.5. The molecule has 3 aromatic rings. The quantitative estimate of drug-likeness (QED) is 0.472. The van der Waals surface area contributed by atoms with Crippen molar-refractivity contribution in [2.45, 2.75) is 26.7 Å². The zero-order valence-electron chi connectivity index (χ0n) is 16.7. The van der Waals surface area contributed by atoms with Gasteiger partial charge in [-0.2, -0.15) is 0 Å². The van der Waals surface area contributed by atoms with Crippen LogP contribution in [0.5, 0.6) is 5.75 Å². The number of benzene rings is 2. The fourth-order valence-electron chi connectivity index (χ4n) is 3.78. The minimum absolute atomic E-state index is 0.0627. The molecular weight excluding hydrogens is 386 g/mol. The maximum absolute atomic E-state index is 12.6. The van der Waals surface area contributed by atoms with Crippen LogP contribution in [-0.2, 0) is 4.79 Å². The molecule has 0 aliphatic carbocycles. The second-order valence-corrected chi connectivity index (χ2v) is 7.73. The first-order valence-electron chi connectivity index (χ1n) is 9.98. The van der Waals surface area contributed by atoms with Crippen molar-refractivity contribution in [3.8, 4) is 16.9 Å². The molecule has 2 aromatic carbocycles. The first-order chi connectivity index (χ1) is 14.1. The van der Waals surface area contributed by atoms with Crippen molar-refractivity contribution < 1.29 is 13.9 Å². The lowest BCUT2D eigenvalue weighted by atomic mass is 9.99. The number of allylic oxidation sites excluding steroid dienone is 1. The third kappa shape index (κ3) is 4.03. The van der Waals surface area contributed by atoms with E-state index >= 15 is 0 Å². The predicted molar refractivity (Wildman–Crippen MR) is 117 cm³/mol. The average molecular weight is 410 g/mol. The van der Waals surface area contributed by atoms with Crippen molar-refractivity contribution in [2.24, 2.45) is 0 Å². The molecular formula is C24H24ClNO3. The van der Waals surface area contributed by atoms with Crippen LogP contribution in [0.15, 0.2) is 53.2 Å². The highest BCUT2D eigenvalue weighted by Gasteiger charge is 2.18. The summed E-state index contributed by atoms with van der Waals surface area (Å²) in [4.78, 5) is 14.5. The number of hydrogen-bond donors (Lipinski definition) is 0. The second-order valence-electron chi connectivity index (χ2n) is 7.29. The molecule has 1 fully saturated rings. The molecule has 0 radical (unpaired) electrons. The Labute approximate surface area is 175 Å². The van der Waals surface area contributed by atoms with Crippen molar-refractivity contribution in [1.29, 1.82) is 0 Å². The number of carbonyl (C=O) groups excluding carboxylic acids is 1. The highest BCUT2D eigenvalue weighted by Crippen LogP contribution is 2.37. The summed E-state index contributed by atoms with van der Waals surface area (Å²) in [5.74, 6) is 0.785. The number of likely N-dealkylation sites (tertiary alicyclic amines) is 1. The highest BCUT2D eigenvalue weighted by molar-refractivity contribution is 6.30. The Hall–Kier alpha value is -2.72. The molecule has 1 aliphatic heterocycles. The molecule has 0 bridgehead atoms. The summed E-state index contributed by atoms with van der Waals surface area (Å²) in [5.41, 5.74) is 4.55. The zero-order chi connectivity index (χ0) is 20.4. The van der Waals surface area contributed by atoms with Gasteiger partial charge in [-0.05, 0) is 56.0 Å². The van der Waals surface area contributed by atoms with Gasteiger partial charge in [0.15, 0.2) is 0 Å². The molecule has 1 saturated heterocycles. The lowest BCUT2D eigenvalue weighted by molar-refractivity contribution is -0.124. The summed E-state index contributed by atoms with van der Waals surface area (Å²) in [7, 11) is 0. The van der Waals surface area contributed by atoms with Crippen LogP contribution >= 0.6 is 11.6 Å². The van der Waals surface area contributed by atoms with Gasteiger partial charge in [-0.25, -0.2) is 0 Å². The number of fused-ring (bicyclic) bond motifs is 1. The van der Waals surface area contributed by atoms with E-state index in [-0.39, 0.29) is 5.91 Å². The fraction of sp³-hybridized carbons (Fsp3) is 0.292. The lowest BCUT2D eigenvalue weighted by Crippen LogP contribution is -2.25. The van der Waals surface area contributed by atoms with Crippen molar-refractivity contribution in [3.63, 3.8) is 0 Å².